The first kappa shape index (κ1) is 16.6. The van der Waals surface area contributed by atoms with Crippen molar-refractivity contribution in [2.45, 2.75) is 19.8 Å². The van der Waals surface area contributed by atoms with Gasteiger partial charge in [-0.2, -0.15) is 0 Å². The summed E-state index contributed by atoms with van der Waals surface area (Å²) in [6.45, 7) is 3.92. The number of hydrogen-bond acceptors (Lipinski definition) is 6. The molecule has 0 aromatic heterocycles. The summed E-state index contributed by atoms with van der Waals surface area (Å²) in [7, 11) is 2.41. The molecule has 0 amide bonds. The van der Waals surface area contributed by atoms with Crippen molar-refractivity contribution in [3.8, 4) is 5.75 Å². The van der Waals surface area contributed by atoms with E-state index in [9.17, 15) is 14.7 Å². The summed E-state index contributed by atoms with van der Waals surface area (Å²) >= 11 is 0. The quantitative estimate of drug-likeness (QED) is 0.639. The van der Waals surface area contributed by atoms with Crippen molar-refractivity contribution in [3.63, 3.8) is 0 Å². The number of phenolic OH excluding ortho intramolecular Hbond substituents is 1. The first-order chi connectivity index (χ1) is 9.88. The lowest BCUT2D eigenvalue weighted by Gasteiger charge is -2.12. The number of benzene rings is 1. The van der Waals surface area contributed by atoms with Gasteiger partial charge < -0.3 is 19.9 Å². The molecule has 0 aliphatic heterocycles. The van der Waals surface area contributed by atoms with Gasteiger partial charge in [-0.3, -0.25) is 0 Å². The molecule has 0 fully saturated rings. The fraction of sp³-hybridized carbons (Fsp3) is 0.333. The number of carbonyl (C=O) groups excluding carboxylic acids is 2. The van der Waals surface area contributed by atoms with Gasteiger partial charge in [0.2, 0.25) is 0 Å². The number of rotatable bonds is 5. The highest BCUT2D eigenvalue weighted by molar-refractivity contribution is 5.98. The van der Waals surface area contributed by atoms with Gasteiger partial charge >= 0.3 is 11.9 Å². The van der Waals surface area contributed by atoms with Crippen molar-refractivity contribution in [2.24, 2.45) is 0 Å². The van der Waals surface area contributed by atoms with Gasteiger partial charge in [0.1, 0.15) is 11.4 Å². The Morgan fingerprint density at radius 3 is 2.38 bits per heavy atom. The molecule has 6 heteroatoms. The molecule has 0 aliphatic carbocycles. The topological polar surface area (TPSA) is 84.9 Å². The van der Waals surface area contributed by atoms with Gasteiger partial charge in [-0.25, -0.2) is 9.59 Å². The van der Waals surface area contributed by atoms with Crippen LogP contribution in [0.25, 0.3) is 0 Å². The van der Waals surface area contributed by atoms with Crippen LogP contribution in [-0.2, 0) is 19.1 Å². The van der Waals surface area contributed by atoms with Crippen LogP contribution in [0.1, 0.15) is 25.3 Å². The number of nitrogens with one attached hydrogen (secondary N) is 1. The summed E-state index contributed by atoms with van der Waals surface area (Å²) < 4.78 is 9.06. The fourth-order valence-electron chi connectivity index (χ4n) is 1.70. The van der Waals surface area contributed by atoms with Crippen molar-refractivity contribution in [1.82, 2.24) is 0 Å². The molecule has 6 nitrogen and oxygen atoms in total. The molecular formula is C15H19NO5. The van der Waals surface area contributed by atoms with E-state index in [0.29, 0.717) is 5.69 Å². The van der Waals surface area contributed by atoms with E-state index < -0.39 is 11.9 Å². The summed E-state index contributed by atoms with van der Waals surface area (Å²) in [6, 6.07) is 4.92. The number of anilines is 1. The third-order valence-electron chi connectivity index (χ3n) is 2.80. The highest BCUT2D eigenvalue weighted by Crippen LogP contribution is 2.28. The minimum absolute atomic E-state index is 0.0824. The standard InChI is InChI=1S/C15H19NO5/c1-9(2)11-6-5-10(7-13(11)17)16-12(15(19)21-4)8-14(18)20-3/h5-9,16-17H,1-4H3/b12-8+. The zero-order valence-corrected chi connectivity index (χ0v) is 12.5. The molecule has 2 N–H and O–H groups in total. The minimum Gasteiger partial charge on any atom is -0.508 e. The SMILES string of the molecule is COC(=O)/C=C(/Nc1ccc(C(C)C)c(O)c1)C(=O)OC. The lowest BCUT2D eigenvalue weighted by atomic mass is 10.0. The molecule has 0 saturated heterocycles. The zero-order valence-electron chi connectivity index (χ0n) is 12.5. The smallest absolute Gasteiger partial charge is 0.354 e. The van der Waals surface area contributed by atoms with Crippen molar-refractivity contribution in [3.05, 3.63) is 35.5 Å². The summed E-state index contributed by atoms with van der Waals surface area (Å²) in [6.07, 6.45) is 0.985. The average molecular weight is 293 g/mol. The van der Waals surface area contributed by atoms with Crippen LogP contribution in [0.15, 0.2) is 30.0 Å². The average Bonchev–Trinajstić information content (AvgIpc) is 2.45. The van der Waals surface area contributed by atoms with Crippen LogP contribution < -0.4 is 5.32 Å². The molecule has 114 valence electrons. The molecule has 1 aromatic rings. The predicted molar refractivity (Wildman–Crippen MR) is 77.9 cm³/mol. The van der Waals surface area contributed by atoms with Crippen LogP contribution in [0.5, 0.6) is 5.75 Å². The monoisotopic (exact) mass is 293 g/mol. The molecule has 0 atom stereocenters. The van der Waals surface area contributed by atoms with Crippen LogP contribution in [-0.4, -0.2) is 31.3 Å². The lowest BCUT2D eigenvalue weighted by Crippen LogP contribution is -2.15. The molecule has 0 spiro atoms. The molecule has 0 aliphatic rings. The minimum atomic E-state index is -0.715. The van der Waals surface area contributed by atoms with E-state index in [-0.39, 0.29) is 17.4 Å². The number of esters is 2. The Hall–Kier alpha value is -2.50. The molecule has 0 unspecified atom stereocenters. The van der Waals surface area contributed by atoms with Gasteiger partial charge in [-0.05, 0) is 17.5 Å². The summed E-state index contributed by atoms with van der Waals surface area (Å²) in [5.41, 5.74) is 1.16. The molecule has 0 saturated carbocycles. The molecular weight excluding hydrogens is 274 g/mol. The zero-order chi connectivity index (χ0) is 16.0. The predicted octanol–water partition coefficient (Wildman–Crippen LogP) is 2.16. The fourth-order valence-corrected chi connectivity index (χ4v) is 1.70. The summed E-state index contributed by atoms with van der Waals surface area (Å²) in [5.74, 6) is -1.12. The van der Waals surface area contributed by atoms with Crippen LogP contribution in [0.3, 0.4) is 0 Å². The van der Waals surface area contributed by atoms with Gasteiger partial charge in [-0.1, -0.05) is 19.9 Å². The molecule has 0 radical (unpaired) electrons. The number of phenols is 1. The maximum atomic E-state index is 11.6. The van der Waals surface area contributed by atoms with E-state index in [1.165, 1.54) is 20.3 Å². The Labute approximate surface area is 123 Å². The third-order valence-corrected chi connectivity index (χ3v) is 2.80. The molecule has 21 heavy (non-hydrogen) atoms. The molecule has 0 heterocycles. The molecule has 0 bridgehead atoms. The number of aromatic hydroxyl groups is 1. The van der Waals surface area contributed by atoms with Crippen molar-refractivity contribution >= 4 is 17.6 Å². The number of hydrogen-bond donors (Lipinski definition) is 2. The maximum Gasteiger partial charge on any atom is 0.354 e. The highest BCUT2D eigenvalue weighted by atomic mass is 16.5. The van der Waals surface area contributed by atoms with Gasteiger partial charge in [0.05, 0.1) is 20.3 Å². The van der Waals surface area contributed by atoms with E-state index in [1.54, 1.807) is 12.1 Å². The van der Waals surface area contributed by atoms with Gasteiger partial charge in [0.15, 0.2) is 0 Å². The van der Waals surface area contributed by atoms with Crippen molar-refractivity contribution in [1.29, 1.82) is 0 Å². The van der Waals surface area contributed by atoms with E-state index >= 15 is 0 Å². The third kappa shape index (κ3) is 4.52. The Morgan fingerprint density at radius 1 is 1.24 bits per heavy atom. The first-order valence-electron chi connectivity index (χ1n) is 6.37. The number of methoxy groups -OCH3 is 2. The van der Waals surface area contributed by atoms with Crippen molar-refractivity contribution in [2.75, 3.05) is 19.5 Å². The lowest BCUT2D eigenvalue weighted by molar-refractivity contribution is -0.138. The largest absolute Gasteiger partial charge is 0.508 e. The van der Waals surface area contributed by atoms with E-state index in [2.05, 4.69) is 14.8 Å². The second-order valence-corrected chi connectivity index (χ2v) is 4.63. The Morgan fingerprint density at radius 2 is 1.90 bits per heavy atom. The second kappa shape index (κ2) is 7.33. The Kier molecular flexibility index (Phi) is 5.78. The van der Waals surface area contributed by atoms with Gasteiger partial charge in [0, 0.05) is 11.8 Å². The summed E-state index contributed by atoms with van der Waals surface area (Å²) in [4.78, 5) is 22.9. The van der Waals surface area contributed by atoms with Gasteiger partial charge in [-0.15, -0.1) is 0 Å². The first-order valence-corrected chi connectivity index (χ1v) is 6.37. The Balaban J connectivity index is 3.04. The highest BCUT2D eigenvalue weighted by Gasteiger charge is 2.14. The summed E-state index contributed by atoms with van der Waals surface area (Å²) in [5, 5.41) is 12.7. The second-order valence-electron chi connectivity index (χ2n) is 4.63. The van der Waals surface area contributed by atoms with Gasteiger partial charge in [0.25, 0.3) is 0 Å². The Bertz CT molecular complexity index is 563. The van der Waals surface area contributed by atoms with Crippen LogP contribution in [0, 0.1) is 0 Å². The normalized spacial score (nSPS) is 11.2. The molecule has 1 rings (SSSR count). The van der Waals surface area contributed by atoms with Crippen molar-refractivity contribution < 1.29 is 24.2 Å². The van der Waals surface area contributed by atoms with Crippen LogP contribution in [0.4, 0.5) is 5.69 Å². The number of ether oxygens (including phenoxy) is 2. The van der Waals surface area contributed by atoms with E-state index in [4.69, 9.17) is 0 Å². The van der Waals surface area contributed by atoms with Crippen LogP contribution >= 0.6 is 0 Å². The van der Waals surface area contributed by atoms with E-state index in [1.807, 2.05) is 13.8 Å². The molecule has 1 aromatic carbocycles. The number of carbonyl (C=O) groups is 2. The van der Waals surface area contributed by atoms with E-state index in [0.717, 1.165) is 11.6 Å². The van der Waals surface area contributed by atoms with Crippen LogP contribution in [0.2, 0.25) is 0 Å². The maximum absolute atomic E-state index is 11.6.